The molecule has 0 bridgehead atoms. The second kappa shape index (κ2) is 8.18. The Hall–Kier alpha value is -1.92. The molecule has 0 atom stereocenters. The lowest BCUT2D eigenvalue weighted by Gasteiger charge is -2.32. The Labute approximate surface area is 158 Å². The molecule has 2 aliphatic rings. The minimum absolute atomic E-state index is 0. The molecular formula is C19H24ClFN4O. The number of aromatic amines is 1. The van der Waals surface area contributed by atoms with Crippen LogP contribution in [0.1, 0.15) is 36.0 Å². The van der Waals surface area contributed by atoms with Crippen LogP contribution in [0.5, 0.6) is 0 Å². The molecule has 1 aliphatic heterocycles. The number of nitrogens with one attached hydrogen (secondary N) is 2. The highest BCUT2D eigenvalue weighted by Gasteiger charge is 2.28. The highest BCUT2D eigenvalue weighted by atomic mass is 35.5. The van der Waals surface area contributed by atoms with Gasteiger partial charge in [-0.1, -0.05) is 0 Å². The number of hydrogen-bond donors (Lipinski definition) is 2. The minimum atomic E-state index is -0.295. The van der Waals surface area contributed by atoms with E-state index in [9.17, 15) is 9.18 Å². The van der Waals surface area contributed by atoms with E-state index in [4.69, 9.17) is 0 Å². The molecule has 2 fully saturated rings. The molecule has 0 unspecified atom stereocenters. The van der Waals surface area contributed by atoms with Gasteiger partial charge in [0.25, 0.3) is 5.91 Å². The van der Waals surface area contributed by atoms with Crippen molar-refractivity contribution in [3.05, 3.63) is 41.8 Å². The van der Waals surface area contributed by atoms with Crippen LogP contribution >= 0.6 is 12.4 Å². The zero-order valence-corrected chi connectivity index (χ0v) is 15.4. The Morgan fingerprint density at radius 1 is 1.19 bits per heavy atom. The van der Waals surface area contributed by atoms with Gasteiger partial charge < -0.3 is 10.2 Å². The number of aromatic nitrogens is 2. The van der Waals surface area contributed by atoms with Crippen LogP contribution in [0.4, 0.5) is 4.39 Å². The Morgan fingerprint density at radius 2 is 1.88 bits per heavy atom. The van der Waals surface area contributed by atoms with Gasteiger partial charge in [-0.25, -0.2) is 4.39 Å². The molecule has 2 N–H and O–H groups in total. The second-order valence-corrected chi connectivity index (χ2v) is 7.08. The molecule has 2 heterocycles. The third-order valence-electron chi connectivity index (χ3n) is 5.18. The van der Waals surface area contributed by atoms with Crippen LogP contribution in [-0.2, 0) is 0 Å². The van der Waals surface area contributed by atoms with Crippen LogP contribution in [0.25, 0.3) is 11.3 Å². The van der Waals surface area contributed by atoms with E-state index in [0.29, 0.717) is 17.3 Å². The summed E-state index contributed by atoms with van der Waals surface area (Å²) in [5, 5.41) is 10.5. The smallest absolute Gasteiger partial charge is 0.257 e. The molecule has 1 aromatic heterocycles. The molecule has 26 heavy (non-hydrogen) atoms. The number of likely N-dealkylation sites (tertiary alicyclic amines) is 1. The summed E-state index contributed by atoms with van der Waals surface area (Å²) in [6.45, 7) is 2.64. The zero-order valence-electron chi connectivity index (χ0n) is 14.6. The van der Waals surface area contributed by atoms with Crippen molar-refractivity contribution < 1.29 is 9.18 Å². The summed E-state index contributed by atoms with van der Waals surface area (Å²) in [5.41, 5.74) is 1.97. The molecule has 0 spiro atoms. The fourth-order valence-electron chi connectivity index (χ4n) is 3.40. The summed E-state index contributed by atoms with van der Waals surface area (Å²) in [4.78, 5) is 14.8. The quantitative estimate of drug-likeness (QED) is 0.839. The van der Waals surface area contributed by atoms with E-state index >= 15 is 0 Å². The van der Waals surface area contributed by atoms with E-state index in [2.05, 4.69) is 15.5 Å². The van der Waals surface area contributed by atoms with Gasteiger partial charge in [-0.3, -0.25) is 9.89 Å². The average molecular weight is 379 g/mol. The first kappa shape index (κ1) is 18.9. The van der Waals surface area contributed by atoms with Crippen molar-refractivity contribution >= 4 is 18.3 Å². The van der Waals surface area contributed by atoms with Gasteiger partial charge in [0, 0.05) is 24.7 Å². The Bertz CT molecular complexity index is 736. The first-order valence-electron chi connectivity index (χ1n) is 9.02. The van der Waals surface area contributed by atoms with Crippen LogP contribution in [-0.4, -0.2) is 46.7 Å². The van der Waals surface area contributed by atoms with Gasteiger partial charge in [-0.2, -0.15) is 5.10 Å². The molecule has 1 aliphatic carbocycles. The normalized spacial score (nSPS) is 17.8. The van der Waals surface area contributed by atoms with Crippen molar-refractivity contribution in [2.45, 2.75) is 31.7 Å². The fraction of sp³-hybridized carbons (Fsp3) is 0.474. The summed E-state index contributed by atoms with van der Waals surface area (Å²) in [6.07, 6.45) is 6.26. The van der Waals surface area contributed by atoms with Crippen LogP contribution in [0.2, 0.25) is 0 Å². The fourth-order valence-corrected chi connectivity index (χ4v) is 3.40. The predicted molar refractivity (Wildman–Crippen MR) is 101 cm³/mol. The molecule has 1 amide bonds. The lowest BCUT2D eigenvalue weighted by molar-refractivity contribution is 0.0706. The first-order valence-corrected chi connectivity index (χ1v) is 9.02. The molecule has 1 saturated carbocycles. The number of benzene rings is 1. The largest absolute Gasteiger partial charge is 0.338 e. The van der Waals surface area contributed by atoms with Gasteiger partial charge in [0.05, 0.1) is 17.5 Å². The number of H-pyrrole nitrogens is 1. The molecule has 4 rings (SSSR count). The SMILES string of the molecule is Cl.O=C(c1cn[nH]c1-c1ccc(F)cc1)N1CCC(NCC2CC2)CC1. The van der Waals surface area contributed by atoms with Crippen molar-refractivity contribution in [2.24, 2.45) is 5.92 Å². The van der Waals surface area contributed by atoms with E-state index in [1.54, 1.807) is 18.3 Å². The molecule has 1 aromatic carbocycles. The number of rotatable bonds is 5. The highest BCUT2D eigenvalue weighted by Crippen LogP contribution is 2.28. The Kier molecular flexibility index (Phi) is 5.94. The van der Waals surface area contributed by atoms with Gasteiger partial charge in [0.1, 0.15) is 5.82 Å². The van der Waals surface area contributed by atoms with Crippen LogP contribution in [0.3, 0.4) is 0 Å². The van der Waals surface area contributed by atoms with Gasteiger partial charge in [0.2, 0.25) is 0 Å². The van der Waals surface area contributed by atoms with Crippen molar-refractivity contribution in [1.29, 1.82) is 0 Å². The number of amides is 1. The Balaban J connectivity index is 0.00000196. The van der Waals surface area contributed by atoms with Gasteiger partial charge >= 0.3 is 0 Å². The molecular weight excluding hydrogens is 355 g/mol. The third-order valence-corrected chi connectivity index (χ3v) is 5.18. The lowest BCUT2D eigenvalue weighted by Crippen LogP contribution is -2.45. The molecule has 7 heteroatoms. The van der Waals surface area contributed by atoms with E-state index in [-0.39, 0.29) is 24.1 Å². The number of piperidine rings is 1. The van der Waals surface area contributed by atoms with Gasteiger partial charge in [-0.05, 0) is 62.4 Å². The van der Waals surface area contributed by atoms with E-state index in [0.717, 1.165) is 44.0 Å². The van der Waals surface area contributed by atoms with E-state index < -0.39 is 0 Å². The number of carbonyl (C=O) groups excluding carboxylic acids is 1. The molecule has 5 nitrogen and oxygen atoms in total. The number of hydrogen-bond acceptors (Lipinski definition) is 3. The summed E-state index contributed by atoms with van der Waals surface area (Å²) >= 11 is 0. The lowest BCUT2D eigenvalue weighted by atomic mass is 10.0. The summed E-state index contributed by atoms with van der Waals surface area (Å²) in [7, 11) is 0. The molecule has 140 valence electrons. The number of halogens is 2. The van der Waals surface area contributed by atoms with Crippen LogP contribution in [0.15, 0.2) is 30.5 Å². The Morgan fingerprint density at radius 3 is 2.54 bits per heavy atom. The molecule has 2 aromatic rings. The van der Waals surface area contributed by atoms with Crippen LogP contribution in [0, 0.1) is 11.7 Å². The van der Waals surface area contributed by atoms with E-state index in [1.807, 2.05) is 4.90 Å². The number of nitrogens with zero attached hydrogens (tertiary/aromatic N) is 2. The summed E-state index contributed by atoms with van der Waals surface area (Å²) < 4.78 is 13.1. The van der Waals surface area contributed by atoms with Crippen molar-refractivity contribution in [3.63, 3.8) is 0 Å². The topological polar surface area (TPSA) is 61.0 Å². The maximum Gasteiger partial charge on any atom is 0.257 e. The van der Waals surface area contributed by atoms with E-state index in [1.165, 1.54) is 25.0 Å². The number of carbonyl (C=O) groups is 1. The first-order chi connectivity index (χ1) is 12.2. The average Bonchev–Trinajstić information content (AvgIpc) is 3.35. The zero-order chi connectivity index (χ0) is 17.2. The molecule has 1 saturated heterocycles. The van der Waals surface area contributed by atoms with Crippen molar-refractivity contribution in [3.8, 4) is 11.3 Å². The standard InChI is InChI=1S/C19H23FN4O.ClH/c20-15-5-3-14(4-6-15)18-17(12-22-23-18)19(25)24-9-7-16(8-10-24)21-11-13-1-2-13;/h3-6,12-13,16,21H,1-2,7-11H2,(H,22,23);1H. The predicted octanol–water partition coefficient (Wildman–Crippen LogP) is 3.24. The molecule has 0 radical (unpaired) electrons. The third kappa shape index (κ3) is 4.24. The summed E-state index contributed by atoms with van der Waals surface area (Å²) in [6, 6.07) is 6.62. The van der Waals surface area contributed by atoms with Crippen molar-refractivity contribution in [2.75, 3.05) is 19.6 Å². The maximum atomic E-state index is 13.1. The maximum absolute atomic E-state index is 13.1. The van der Waals surface area contributed by atoms with Crippen molar-refractivity contribution in [1.82, 2.24) is 20.4 Å². The summed E-state index contributed by atoms with van der Waals surface area (Å²) in [5.74, 6) is 0.578. The van der Waals surface area contributed by atoms with Crippen LogP contribution < -0.4 is 5.32 Å². The minimum Gasteiger partial charge on any atom is -0.338 e. The van der Waals surface area contributed by atoms with Gasteiger partial charge in [0.15, 0.2) is 0 Å². The second-order valence-electron chi connectivity index (χ2n) is 7.08. The monoisotopic (exact) mass is 378 g/mol. The highest BCUT2D eigenvalue weighted by molar-refractivity contribution is 5.99. The van der Waals surface area contributed by atoms with Gasteiger partial charge in [-0.15, -0.1) is 12.4 Å².